The van der Waals surface area contributed by atoms with Crippen LogP contribution >= 0.6 is 0 Å². The molecule has 1 heterocycles. The van der Waals surface area contributed by atoms with Gasteiger partial charge in [-0.2, -0.15) is 0 Å². The summed E-state index contributed by atoms with van der Waals surface area (Å²) in [7, 11) is 1.62. The monoisotopic (exact) mass is 279 g/mol. The molecule has 1 fully saturated rings. The standard InChI is InChI=1S/C15H21NO4/c1-4-19-14(17)15(9-10-20-11(15)2)16-12-5-7-13(18-3)8-6-12/h5-8,11,16H,4,9-10H2,1-3H3. The van der Waals surface area contributed by atoms with Crippen molar-refractivity contribution in [2.24, 2.45) is 0 Å². The van der Waals surface area contributed by atoms with Gasteiger partial charge < -0.3 is 19.5 Å². The molecule has 0 radical (unpaired) electrons. The summed E-state index contributed by atoms with van der Waals surface area (Å²) in [6.45, 7) is 4.60. The number of carbonyl (C=O) groups excluding carboxylic acids is 1. The van der Waals surface area contributed by atoms with Crippen LogP contribution in [0.2, 0.25) is 0 Å². The van der Waals surface area contributed by atoms with Crippen molar-refractivity contribution in [3.63, 3.8) is 0 Å². The summed E-state index contributed by atoms with van der Waals surface area (Å²) in [6.07, 6.45) is 0.364. The minimum Gasteiger partial charge on any atom is -0.497 e. The zero-order valence-corrected chi connectivity index (χ0v) is 12.1. The molecular weight excluding hydrogens is 258 g/mol. The smallest absolute Gasteiger partial charge is 0.334 e. The molecule has 2 unspecified atom stereocenters. The maximum Gasteiger partial charge on any atom is 0.334 e. The van der Waals surface area contributed by atoms with E-state index in [1.165, 1.54) is 0 Å². The number of methoxy groups -OCH3 is 1. The molecular formula is C15H21NO4. The first kappa shape index (κ1) is 14.7. The Labute approximate surface area is 119 Å². The Kier molecular flexibility index (Phi) is 4.49. The fourth-order valence-corrected chi connectivity index (χ4v) is 2.42. The van der Waals surface area contributed by atoms with E-state index in [4.69, 9.17) is 14.2 Å². The maximum absolute atomic E-state index is 12.3. The van der Waals surface area contributed by atoms with Gasteiger partial charge in [0.25, 0.3) is 0 Å². The highest BCUT2D eigenvalue weighted by Gasteiger charge is 2.49. The third-order valence-corrected chi connectivity index (χ3v) is 3.66. The zero-order chi connectivity index (χ0) is 14.6. The molecule has 20 heavy (non-hydrogen) atoms. The van der Waals surface area contributed by atoms with Crippen LogP contribution in [0.25, 0.3) is 0 Å². The molecule has 1 aliphatic rings. The number of ether oxygens (including phenoxy) is 3. The third-order valence-electron chi connectivity index (χ3n) is 3.66. The van der Waals surface area contributed by atoms with Gasteiger partial charge in [0, 0.05) is 18.7 Å². The van der Waals surface area contributed by atoms with E-state index >= 15 is 0 Å². The molecule has 1 aromatic carbocycles. The van der Waals surface area contributed by atoms with Crippen molar-refractivity contribution in [3.8, 4) is 5.75 Å². The Morgan fingerprint density at radius 3 is 2.65 bits per heavy atom. The van der Waals surface area contributed by atoms with E-state index < -0.39 is 5.54 Å². The molecule has 1 saturated heterocycles. The van der Waals surface area contributed by atoms with Crippen molar-refractivity contribution >= 4 is 11.7 Å². The number of carbonyl (C=O) groups is 1. The lowest BCUT2D eigenvalue weighted by Crippen LogP contribution is -2.52. The number of esters is 1. The second-order valence-electron chi connectivity index (χ2n) is 4.81. The predicted molar refractivity (Wildman–Crippen MR) is 76.0 cm³/mol. The topological polar surface area (TPSA) is 56.8 Å². The lowest BCUT2D eigenvalue weighted by atomic mass is 9.91. The highest BCUT2D eigenvalue weighted by molar-refractivity contribution is 5.86. The molecule has 5 nitrogen and oxygen atoms in total. The summed E-state index contributed by atoms with van der Waals surface area (Å²) in [4.78, 5) is 12.3. The largest absolute Gasteiger partial charge is 0.497 e. The summed E-state index contributed by atoms with van der Waals surface area (Å²) >= 11 is 0. The van der Waals surface area contributed by atoms with E-state index in [0.717, 1.165) is 11.4 Å². The van der Waals surface area contributed by atoms with Crippen molar-refractivity contribution in [1.82, 2.24) is 0 Å². The van der Waals surface area contributed by atoms with Crippen molar-refractivity contribution in [2.45, 2.75) is 31.9 Å². The van der Waals surface area contributed by atoms with E-state index in [2.05, 4.69) is 5.32 Å². The Morgan fingerprint density at radius 1 is 1.45 bits per heavy atom. The van der Waals surface area contributed by atoms with Crippen LogP contribution in [-0.2, 0) is 14.3 Å². The summed E-state index contributed by atoms with van der Waals surface area (Å²) in [5.74, 6) is 0.511. The van der Waals surface area contributed by atoms with Crippen LogP contribution in [0, 0.1) is 0 Å². The van der Waals surface area contributed by atoms with Crippen molar-refractivity contribution in [3.05, 3.63) is 24.3 Å². The number of nitrogens with one attached hydrogen (secondary N) is 1. The van der Waals surface area contributed by atoms with Crippen LogP contribution in [0.4, 0.5) is 5.69 Å². The molecule has 110 valence electrons. The van der Waals surface area contributed by atoms with Gasteiger partial charge in [-0.15, -0.1) is 0 Å². The molecule has 0 spiro atoms. The number of hydrogen-bond donors (Lipinski definition) is 1. The first-order chi connectivity index (χ1) is 9.62. The van der Waals surface area contributed by atoms with Crippen LogP contribution < -0.4 is 10.1 Å². The maximum atomic E-state index is 12.3. The number of anilines is 1. The molecule has 1 aliphatic heterocycles. The summed E-state index contributed by atoms with van der Waals surface area (Å²) in [5, 5.41) is 3.28. The Morgan fingerprint density at radius 2 is 2.15 bits per heavy atom. The quantitative estimate of drug-likeness (QED) is 0.838. The minimum atomic E-state index is -0.815. The van der Waals surface area contributed by atoms with Gasteiger partial charge in [-0.1, -0.05) is 0 Å². The van der Waals surface area contributed by atoms with E-state index in [0.29, 0.717) is 19.6 Å². The van der Waals surface area contributed by atoms with Crippen LogP contribution in [0.1, 0.15) is 20.3 Å². The fourth-order valence-electron chi connectivity index (χ4n) is 2.42. The van der Waals surface area contributed by atoms with Gasteiger partial charge in [0.15, 0.2) is 5.54 Å². The average Bonchev–Trinajstić information content (AvgIpc) is 2.82. The molecule has 2 atom stereocenters. The second kappa shape index (κ2) is 6.13. The molecule has 5 heteroatoms. The fraction of sp³-hybridized carbons (Fsp3) is 0.533. The molecule has 1 aromatic rings. The van der Waals surface area contributed by atoms with Gasteiger partial charge in [0.1, 0.15) is 5.75 Å². The van der Waals surface area contributed by atoms with Crippen LogP contribution in [0.5, 0.6) is 5.75 Å². The Hall–Kier alpha value is -1.75. The van der Waals surface area contributed by atoms with E-state index in [1.54, 1.807) is 14.0 Å². The molecule has 0 saturated carbocycles. The van der Waals surface area contributed by atoms with E-state index in [9.17, 15) is 4.79 Å². The molecule has 0 amide bonds. The Balaban J connectivity index is 2.21. The first-order valence-corrected chi connectivity index (χ1v) is 6.83. The molecule has 0 aromatic heterocycles. The second-order valence-corrected chi connectivity index (χ2v) is 4.81. The van der Waals surface area contributed by atoms with Crippen LogP contribution in [-0.4, -0.2) is 37.9 Å². The zero-order valence-electron chi connectivity index (χ0n) is 12.1. The Bertz CT molecular complexity index is 459. The summed E-state index contributed by atoms with van der Waals surface area (Å²) < 4.78 is 15.9. The third kappa shape index (κ3) is 2.72. The van der Waals surface area contributed by atoms with Crippen molar-refractivity contribution in [2.75, 3.05) is 25.6 Å². The lowest BCUT2D eigenvalue weighted by Gasteiger charge is -2.31. The van der Waals surface area contributed by atoms with Crippen LogP contribution in [0.3, 0.4) is 0 Å². The van der Waals surface area contributed by atoms with Gasteiger partial charge >= 0.3 is 5.97 Å². The minimum absolute atomic E-state index is 0.233. The van der Waals surface area contributed by atoms with E-state index in [1.807, 2.05) is 31.2 Å². The SMILES string of the molecule is CCOC(=O)C1(Nc2ccc(OC)cc2)CCOC1C. The predicted octanol–water partition coefficient (Wildman–Crippen LogP) is 2.22. The van der Waals surface area contributed by atoms with Gasteiger partial charge in [-0.3, -0.25) is 0 Å². The van der Waals surface area contributed by atoms with Gasteiger partial charge in [0.05, 0.1) is 19.8 Å². The average molecular weight is 279 g/mol. The number of hydrogen-bond acceptors (Lipinski definition) is 5. The summed E-state index contributed by atoms with van der Waals surface area (Å²) in [6, 6.07) is 7.46. The lowest BCUT2D eigenvalue weighted by molar-refractivity contribution is -0.150. The molecule has 0 aliphatic carbocycles. The first-order valence-electron chi connectivity index (χ1n) is 6.83. The van der Waals surface area contributed by atoms with Gasteiger partial charge in [0.2, 0.25) is 0 Å². The highest BCUT2D eigenvalue weighted by Crippen LogP contribution is 2.32. The molecule has 1 N–H and O–H groups in total. The van der Waals surface area contributed by atoms with Crippen molar-refractivity contribution < 1.29 is 19.0 Å². The molecule has 0 bridgehead atoms. The van der Waals surface area contributed by atoms with Gasteiger partial charge in [-0.05, 0) is 38.1 Å². The number of benzene rings is 1. The highest BCUT2D eigenvalue weighted by atomic mass is 16.5. The molecule has 2 rings (SSSR count). The number of rotatable bonds is 5. The van der Waals surface area contributed by atoms with Crippen LogP contribution in [0.15, 0.2) is 24.3 Å². The normalized spacial score (nSPS) is 25.2. The van der Waals surface area contributed by atoms with E-state index in [-0.39, 0.29) is 12.1 Å². The van der Waals surface area contributed by atoms with Crippen molar-refractivity contribution in [1.29, 1.82) is 0 Å². The van der Waals surface area contributed by atoms with Gasteiger partial charge in [-0.25, -0.2) is 4.79 Å². The summed E-state index contributed by atoms with van der Waals surface area (Å²) in [5.41, 5.74) is 0.0288.